The van der Waals surface area contributed by atoms with Gasteiger partial charge in [-0.25, -0.2) is 0 Å². The van der Waals surface area contributed by atoms with Crippen molar-refractivity contribution in [2.24, 2.45) is 17.8 Å². The van der Waals surface area contributed by atoms with Gasteiger partial charge >= 0.3 is 0 Å². The van der Waals surface area contributed by atoms with Crippen molar-refractivity contribution in [3.63, 3.8) is 0 Å². The molecule has 0 aromatic rings. The zero-order valence-electron chi connectivity index (χ0n) is 9.56. The molecule has 0 spiro atoms. The second kappa shape index (κ2) is 6.51. The van der Waals surface area contributed by atoms with Crippen LogP contribution in [0.25, 0.3) is 0 Å². The zero-order valence-corrected chi connectivity index (χ0v) is 9.56. The summed E-state index contributed by atoms with van der Waals surface area (Å²) in [5.41, 5.74) is 0. The van der Waals surface area contributed by atoms with Crippen molar-refractivity contribution in [1.29, 1.82) is 0 Å². The highest BCUT2D eigenvalue weighted by Crippen LogP contribution is 2.22. The van der Waals surface area contributed by atoms with E-state index in [0.717, 1.165) is 17.8 Å². The Morgan fingerprint density at radius 2 is 1.50 bits per heavy atom. The first-order valence-electron chi connectivity index (χ1n) is 5.57. The van der Waals surface area contributed by atoms with Crippen molar-refractivity contribution in [2.75, 3.05) is 0 Å². The highest BCUT2D eigenvalue weighted by Gasteiger charge is 2.10. The first-order valence-corrected chi connectivity index (χ1v) is 5.57. The maximum atomic E-state index is 2.35. The van der Waals surface area contributed by atoms with Crippen molar-refractivity contribution in [3.05, 3.63) is 0 Å². The van der Waals surface area contributed by atoms with Gasteiger partial charge in [0, 0.05) is 0 Å². The van der Waals surface area contributed by atoms with Crippen LogP contribution in [0.4, 0.5) is 0 Å². The first kappa shape index (κ1) is 12.0. The number of hydrogen-bond acceptors (Lipinski definition) is 0. The molecule has 0 aromatic carbocycles. The predicted molar refractivity (Wildman–Crippen MR) is 57.3 cm³/mol. The number of rotatable bonds is 6. The Morgan fingerprint density at radius 1 is 0.917 bits per heavy atom. The Balaban J connectivity index is 3.45. The summed E-state index contributed by atoms with van der Waals surface area (Å²) in [7, 11) is 0. The molecule has 0 N–H and O–H groups in total. The molecule has 0 radical (unpaired) electrons. The molecule has 12 heavy (non-hydrogen) atoms. The van der Waals surface area contributed by atoms with Gasteiger partial charge < -0.3 is 0 Å². The van der Waals surface area contributed by atoms with Crippen LogP contribution in [0.5, 0.6) is 0 Å². The van der Waals surface area contributed by atoms with Crippen LogP contribution in [0.3, 0.4) is 0 Å². The van der Waals surface area contributed by atoms with E-state index in [1.807, 2.05) is 0 Å². The van der Waals surface area contributed by atoms with E-state index in [-0.39, 0.29) is 0 Å². The van der Waals surface area contributed by atoms with E-state index >= 15 is 0 Å². The van der Waals surface area contributed by atoms with Gasteiger partial charge in [0.25, 0.3) is 0 Å². The van der Waals surface area contributed by atoms with Gasteiger partial charge in [0.15, 0.2) is 0 Å². The Morgan fingerprint density at radius 3 is 1.83 bits per heavy atom. The van der Waals surface area contributed by atoms with Crippen LogP contribution in [0.15, 0.2) is 0 Å². The molecule has 1 atom stereocenters. The lowest BCUT2D eigenvalue weighted by atomic mass is 9.87. The first-order chi connectivity index (χ1) is 5.57. The molecule has 0 saturated carbocycles. The zero-order chi connectivity index (χ0) is 9.56. The average molecular weight is 170 g/mol. The highest BCUT2D eigenvalue weighted by atomic mass is 14.2. The average Bonchev–Trinajstić information content (AvgIpc) is 1.96. The second-order valence-corrected chi connectivity index (χ2v) is 4.74. The maximum absolute atomic E-state index is 2.35. The topological polar surface area (TPSA) is 0 Å². The normalized spacial score (nSPS) is 14.2. The van der Waals surface area contributed by atoms with Crippen molar-refractivity contribution in [1.82, 2.24) is 0 Å². The summed E-state index contributed by atoms with van der Waals surface area (Å²) in [6.07, 6.45) is 5.62. The van der Waals surface area contributed by atoms with Gasteiger partial charge in [-0.2, -0.15) is 0 Å². The number of hydrogen-bond donors (Lipinski definition) is 0. The van der Waals surface area contributed by atoms with Crippen LogP contribution in [-0.2, 0) is 0 Å². The van der Waals surface area contributed by atoms with Gasteiger partial charge in [0.1, 0.15) is 0 Å². The summed E-state index contributed by atoms with van der Waals surface area (Å²) in [6, 6.07) is 0. The lowest BCUT2D eigenvalue weighted by Gasteiger charge is -2.19. The molecule has 0 heteroatoms. The third kappa shape index (κ3) is 5.62. The van der Waals surface area contributed by atoms with Crippen molar-refractivity contribution in [3.8, 4) is 0 Å². The fourth-order valence-corrected chi connectivity index (χ4v) is 1.80. The molecule has 0 amide bonds. The van der Waals surface area contributed by atoms with E-state index in [2.05, 4.69) is 34.6 Å². The quantitative estimate of drug-likeness (QED) is 0.551. The van der Waals surface area contributed by atoms with Gasteiger partial charge in [-0.15, -0.1) is 0 Å². The van der Waals surface area contributed by atoms with E-state index < -0.39 is 0 Å². The Kier molecular flexibility index (Phi) is 6.51. The Hall–Kier alpha value is 0. The van der Waals surface area contributed by atoms with E-state index in [4.69, 9.17) is 0 Å². The van der Waals surface area contributed by atoms with E-state index in [0.29, 0.717) is 0 Å². The molecule has 0 fully saturated rings. The van der Waals surface area contributed by atoms with Crippen LogP contribution in [0.1, 0.15) is 60.3 Å². The van der Waals surface area contributed by atoms with Crippen LogP contribution in [0.2, 0.25) is 0 Å². The van der Waals surface area contributed by atoms with E-state index in [1.165, 1.54) is 25.7 Å². The summed E-state index contributed by atoms with van der Waals surface area (Å²) < 4.78 is 0. The summed E-state index contributed by atoms with van der Waals surface area (Å²) in [5.74, 6) is 2.72. The largest absolute Gasteiger partial charge is 0.0651 e. The van der Waals surface area contributed by atoms with Gasteiger partial charge in [0.2, 0.25) is 0 Å². The van der Waals surface area contributed by atoms with Crippen molar-refractivity contribution in [2.45, 2.75) is 60.3 Å². The van der Waals surface area contributed by atoms with Gasteiger partial charge in [-0.05, 0) is 17.8 Å². The predicted octanol–water partition coefficient (Wildman–Crippen LogP) is 4.49. The highest BCUT2D eigenvalue weighted by molar-refractivity contribution is 4.61. The van der Waals surface area contributed by atoms with Crippen molar-refractivity contribution >= 4 is 0 Å². The molecule has 0 aliphatic rings. The molecular formula is C12H26. The minimum absolute atomic E-state index is 0.877. The third-order valence-corrected chi connectivity index (χ3v) is 2.82. The molecule has 0 aliphatic heterocycles. The summed E-state index contributed by atoms with van der Waals surface area (Å²) in [4.78, 5) is 0. The van der Waals surface area contributed by atoms with Crippen molar-refractivity contribution < 1.29 is 0 Å². The maximum Gasteiger partial charge on any atom is -0.0394 e. The fourth-order valence-electron chi connectivity index (χ4n) is 1.80. The van der Waals surface area contributed by atoms with Gasteiger partial charge in [-0.3, -0.25) is 0 Å². The minimum Gasteiger partial charge on any atom is -0.0651 e. The fraction of sp³-hybridized carbons (Fsp3) is 1.00. The monoisotopic (exact) mass is 170 g/mol. The minimum atomic E-state index is 0.877. The SMILES string of the molecule is CC[C@H](CCCC(C)C)C(C)C. The molecule has 0 unspecified atom stereocenters. The Bertz CT molecular complexity index is 92.2. The summed E-state index contributed by atoms with van der Waals surface area (Å²) >= 11 is 0. The summed E-state index contributed by atoms with van der Waals surface area (Å²) in [5, 5.41) is 0. The smallest absolute Gasteiger partial charge is 0.0394 e. The van der Waals surface area contributed by atoms with Crippen LogP contribution in [0, 0.1) is 17.8 Å². The molecule has 0 aliphatic carbocycles. The lowest BCUT2D eigenvalue weighted by Crippen LogP contribution is -2.07. The second-order valence-electron chi connectivity index (χ2n) is 4.74. The van der Waals surface area contributed by atoms with Crippen LogP contribution in [-0.4, -0.2) is 0 Å². The standard InChI is InChI=1S/C12H26/c1-6-12(11(4)5)9-7-8-10(2)3/h10-12H,6-9H2,1-5H3/t12-/m1/s1. The third-order valence-electron chi connectivity index (χ3n) is 2.82. The molecule has 0 bridgehead atoms. The van der Waals surface area contributed by atoms with Gasteiger partial charge in [-0.1, -0.05) is 60.3 Å². The molecular weight excluding hydrogens is 144 g/mol. The van der Waals surface area contributed by atoms with E-state index in [1.54, 1.807) is 0 Å². The molecule has 0 nitrogen and oxygen atoms in total. The van der Waals surface area contributed by atoms with Gasteiger partial charge in [0.05, 0.1) is 0 Å². The van der Waals surface area contributed by atoms with Crippen LogP contribution < -0.4 is 0 Å². The summed E-state index contributed by atoms with van der Waals surface area (Å²) in [6.45, 7) is 11.7. The Labute approximate surface area is 78.8 Å². The molecule has 0 rings (SSSR count). The molecule has 74 valence electrons. The van der Waals surface area contributed by atoms with E-state index in [9.17, 15) is 0 Å². The molecule has 0 aromatic heterocycles. The van der Waals surface area contributed by atoms with Crippen LogP contribution >= 0.6 is 0 Å². The lowest BCUT2D eigenvalue weighted by molar-refractivity contribution is 0.329. The molecule has 0 heterocycles. The molecule has 0 saturated heterocycles.